The molecule has 0 saturated carbocycles. The summed E-state index contributed by atoms with van der Waals surface area (Å²) in [6.07, 6.45) is 0. The van der Waals surface area contributed by atoms with Gasteiger partial charge >= 0.3 is 0 Å². The van der Waals surface area contributed by atoms with Crippen LogP contribution in [-0.4, -0.2) is 49.4 Å². The third-order valence-corrected chi connectivity index (χ3v) is 3.07. The van der Waals surface area contributed by atoms with Crippen molar-refractivity contribution in [1.29, 1.82) is 0 Å². The standard InChI is InChI=1S/C16H26N4O2/c1-16(2,17)15(22)19-11-12-6-5-7-13(10-12)14(21)18-8-9-20(3)4/h5-7,10H,8-9,11,17H2,1-4H3,(H,18,21)(H,19,22). The second-order valence-electron chi connectivity index (χ2n) is 6.16. The zero-order valence-corrected chi connectivity index (χ0v) is 13.8. The maximum Gasteiger partial charge on any atom is 0.251 e. The SMILES string of the molecule is CN(C)CCNC(=O)c1cccc(CNC(=O)C(C)(C)N)c1. The maximum atomic E-state index is 12.0. The van der Waals surface area contributed by atoms with E-state index in [2.05, 4.69) is 10.6 Å². The van der Waals surface area contributed by atoms with E-state index in [4.69, 9.17) is 5.73 Å². The average Bonchev–Trinajstić information content (AvgIpc) is 2.43. The highest BCUT2D eigenvalue weighted by Crippen LogP contribution is 2.06. The summed E-state index contributed by atoms with van der Waals surface area (Å²) < 4.78 is 0. The van der Waals surface area contributed by atoms with Gasteiger partial charge in [0.25, 0.3) is 5.91 Å². The Balaban J connectivity index is 2.58. The molecule has 22 heavy (non-hydrogen) atoms. The molecule has 2 amide bonds. The van der Waals surface area contributed by atoms with Crippen LogP contribution in [0, 0.1) is 0 Å². The van der Waals surface area contributed by atoms with Crippen molar-refractivity contribution in [2.24, 2.45) is 5.73 Å². The van der Waals surface area contributed by atoms with Crippen LogP contribution in [-0.2, 0) is 11.3 Å². The van der Waals surface area contributed by atoms with Crippen molar-refractivity contribution in [3.8, 4) is 0 Å². The van der Waals surface area contributed by atoms with Crippen LogP contribution in [0.15, 0.2) is 24.3 Å². The molecule has 0 aliphatic heterocycles. The molecule has 0 spiro atoms. The lowest BCUT2D eigenvalue weighted by atomic mass is 10.1. The van der Waals surface area contributed by atoms with Crippen LogP contribution >= 0.6 is 0 Å². The zero-order valence-electron chi connectivity index (χ0n) is 13.8. The quantitative estimate of drug-likeness (QED) is 0.677. The lowest BCUT2D eigenvalue weighted by molar-refractivity contribution is -0.125. The van der Waals surface area contributed by atoms with Crippen LogP contribution in [0.25, 0.3) is 0 Å². The van der Waals surface area contributed by atoms with Gasteiger partial charge in [0, 0.05) is 25.2 Å². The Kier molecular flexibility index (Phi) is 6.52. The van der Waals surface area contributed by atoms with E-state index in [9.17, 15) is 9.59 Å². The van der Waals surface area contributed by atoms with Gasteiger partial charge in [-0.2, -0.15) is 0 Å². The molecule has 6 nitrogen and oxygen atoms in total. The second-order valence-corrected chi connectivity index (χ2v) is 6.16. The molecular weight excluding hydrogens is 280 g/mol. The molecule has 122 valence electrons. The fraction of sp³-hybridized carbons (Fsp3) is 0.500. The number of carbonyl (C=O) groups excluding carboxylic acids is 2. The van der Waals surface area contributed by atoms with E-state index in [0.29, 0.717) is 18.7 Å². The number of carbonyl (C=O) groups is 2. The van der Waals surface area contributed by atoms with E-state index >= 15 is 0 Å². The number of amides is 2. The van der Waals surface area contributed by atoms with Crippen LogP contribution in [0.1, 0.15) is 29.8 Å². The monoisotopic (exact) mass is 306 g/mol. The summed E-state index contributed by atoms with van der Waals surface area (Å²) in [5, 5.41) is 5.62. The summed E-state index contributed by atoms with van der Waals surface area (Å²) in [5.41, 5.74) is 6.25. The summed E-state index contributed by atoms with van der Waals surface area (Å²) in [6.45, 7) is 5.02. The smallest absolute Gasteiger partial charge is 0.251 e. The zero-order chi connectivity index (χ0) is 16.8. The third kappa shape index (κ3) is 6.24. The van der Waals surface area contributed by atoms with Crippen LogP contribution < -0.4 is 16.4 Å². The molecule has 0 heterocycles. The van der Waals surface area contributed by atoms with Gasteiger partial charge in [-0.25, -0.2) is 0 Å². The van der Waals surface area contributed by atoms with Crippen molar-refractivity contribution < 1.29 is 9.59 Å². The number of nitrogens with one attached hydrogen (secondary N) is 2. The topological polar surface area (TPSA) is 87.5 Å². The van der Waals surface area contributed by atoms with E-state index in [1.54, 1.807) is 32.0 Å². The molecule has 0 saturated heterocycles. The predicted octanol–water partition coefficient (Wildman–Crippen LogP) is 0.332. The molecule has 1 aromatic rings. The molecule has 0 fully saturated rings. The van der Waals surface area contributed by atoms with Gasteiger partial charge in [0.15, 0.2) is 0 Å². The number of hydrogen-bond acceptors (Lipinski definition) is 4. The third-order valence-electron chi connectivity index (χ3n) is 3.07. The Morgan fingerprint density at radius 3 is 2.50 bits per heavy atom. The van der Waals surface area contributed by atoms with E-state index in [0.717, 1.165) is 12.1 Å². The maximum absolute atomic E-state index is 12.0. The number of nitrogens with zero attached hydrogens (tertiary/aromatic N) is 1. The minimum Gasteiger partial charge on any atom is -0.351 e. The first kappa shape index (κ1) is 18.1. The van der Waals surface area contributed by atoms with Crippen molar-refractivity contribution in [2.75, 3.05) is 27.2 Å². The first-order valence-corrected chi connectivity index (χ1v) is 7.29. The van der Waals surface area contributed by atoms with E-state index in [1.807, 2.05) is 25.1 Å². The van der Waals surface area contributed by atoms with E-state index in [-0.39, 0.29) is 11.8 Å². The van der Waals surface area contributed by atoms with Crippen LogP contribution in [0.2, 0.25) is 0 Å². The predicted molar refractivity (Wildman–Crippen MR) is 87.4 cm³/mol. The molecule has 0 aliphatic rings. The van der Waals surface area contributed by atoms with Crippen LogP contribution in [0.3, 0.4) is 0 Å². The second kappa shape index (κ2) is 7.91. The van der Waals surface area contributed by atoms with Gasteiger partial charge in [-0.1, -0.05) is 12.1 Å². The molecule has 0 radical (unpaired) electrons. The number of likely N-dealkylation sites (N-methyl/N-ethyl adjacent to an activating group) is 1. The van der Waals surface area contributed by atoms with Gasteiger partial charge in [0.2, 0.25) is 5.91 Å². The van der Waals surface area contributed by atoms with Gasteiger partial charge in [-0.15, -0.1) is 0 Å². The van der Waals surface area contributed by atoms with Gasteiger partial charge < -0.3 is 21.3 Å². The highest BCUT2D eigenvalue weighted by Gasteiger charge is 2.21. The summed E-state index contributed by atoms with van der Waals surface area (Å²) in [7, 11) is 3.91. The van der Waals surface area contributed by atoms with Crippen molar-refractivity contribution in [2.45, 2.75) is 25.9 Å². The molecule has 1 aromatic carbocycles. The molecule has 0 atom stereocenters. The molecule has 0 aromatic heterocycles. The molecule has 1 rings (SSSR count). The Morgan fingerprint density at radius 1 is 1.23 bits per heavy atom. The van der Waals surface area contributed by atoms with Gasteiger partial charge in [0.05, 0.1) is 5.54 Å². The van der Waals surface area contributed by atoms with Crippen LogP contribution in [0.4, 0.5) is 0 Å². The number of benzene rings is 1. The fourth-order valence-corrected chi connectivity index (χ4v) is 1.73. The summed E-state index contributed by atoms with van der Waals surface area (Å²) in [5.74, 6) is -0.345. The van der Waals surface area contributed by atoms with Gasteiger partial charge in [0.1, 0.15) is 0 Å². The number of nitrogens with two attached hydrogens (primary N) is 1. The van der Waals surface area contributed by atoms with Crippen molar-refractivity contribution in [1.82, 2.24) is 15.5 Å². The molecule has 0 bridgehead atoms. The normalized spacial score (nSPS) is 11.4. The number of rotatable bonds is 7. The molecule has 6 heteroatoms. The first-order chi connectivity index (χ1) is 10.2. The number of hydrogen-bond donors (Lipinski definition) is 3. The molecule has 0 unspecified atom stereocenters. The first-order valence-electron chi connectivity index (χ1n) is 7.29. The van der Waals surface area contributed by atoms with Crippen molar-refractivity contribution >= 4 is 11.8 Å². The van der Waals surface area contributed by atoms with Gasteiger partial charge in [-0.3, -0.25) is 9.59 Å². The Labute approximate surface area is 132 Å². The highest BCUT2D eigenvalue weighted by atomic mass is 16.2. The van der Waals surface area contributed by atoms with Crippen LogP contribution in [0.5, 0.6) is 0 Å². The Hall–Kier alpha value is -1.92. The molecule has 0 aliphatic carbocycles. The minimum atomic E-state index is -0.916. The Morgan fingerprint density at radius 2 is 1.91 bits per heavy atom. The summed E-state index contributed by atoms with van der Waals surface area (Å²) in [6, 6.07) is 7.19. The lowest BCUT2D eigenvalue weighted by Gasteiger charge is -2.18. The minimum absolute atomic E-state index is 0.116. The highest BCUT2D eigenvalue weighted by molar-refractivity contribution is 5.94. The molecular formula is C16H26N4O2. The van der Waals surface area contributed by atoms with Gasteiger partial charge in [-0.05, 0) is 45.6 Å². The Bertz CT molecular complexity index is 521. The largest absolute Gasteiger partial charge is 0.351 e. The summed E-state index contributed by atoms with van der Waals surface area (Å²) >= 11 is 0. The van der Waals surface area contributed by atoms with E-state index < -0.39 is 5.54 Å². The fourth-order valence-electron chi connectivity index (χ4n) is 1.73. The van der Waals surface area contributed by atoms with Crippen molar-refractivity contribution in [3.63, 3.8) is 0 Å². The molecule has 4 N–H and O–H groups in total. The van der Waals surface area contributed by atoms with E-state index in [1.165, 1.54) is 0 Å². The van der Waals surface area contributed by atoms with Crippen molar-refractivity contribution in [3.05, 3.63) is 35.4 Å². The average molecular weight is 306 g/mol. The lowest BCUT2D eigenvalue weighted by Crippen LogP contribution is -2.48. The summed E-state index contributed by atoms with van der Waals surface area (Å²) in [4.78, 5) is 25.8.